The molecule has 1 spiro atoms. The second-order valence-corrected chi connectivity index (χ2v) is 10.5. The van der Waals surface area contributed by atoms with E-state index in [4.69, 9.17) is 9.47 Å². The highest BCUT2D eigenvalue weighted by Crippen LogP contribution is 2.60. The fraction of sp³-hybridized carbons (Fsp3) is 0.625. The van der Waals surface area contributed by atoms with E-state index in [1.54, 1.807) is 6.92 Å². The van der Waals surface area contributed by atoms with Crippen molar-refractivity contribution in [1.29, 1.82) is 0 Å². The predicted molar refractivity (Wildman–Crippen MR) is 123 cm³/mol. The zero-order valence-electron chi connectivity index (χ0n) is 19.1. The lowest BCUT2D eigenvalue weighted by Crippen LogP contribution is -2.59. The summed E-state index contributed by atoms with van der Waals surface area (Å²) in [5, 5.41) is 13.1. The first kappa shape index (κ1) is 24.2. The van der Waals surface area contributed by atoms with Crippen LogP contribution in [0.5, 0.6) is 0 Å². The molecule has 33 heavy (non-hydrogen) atoms. The van der Waals surface area contributed by atoms with E-state index in [0.29, 0.717) is 13.0 Å². The molecule has 0 saturated carbocycles. The van der Waals surface area contributed by atoms with Gasteiger partial charge >= 0.3 is 5.97 Å². The number of likely N-dealkylation sites (tertiary alicyclic amines) is 1. The monoisotopic (exact) mass is 522 g/mol. The Kier molecular flexibility index (Phi) is 6.85. The fourth-order valence-corrected chi connectivity index (χ4v) is 6.68. The maximum absolute atomic E-state index is 13.8. The van der Waals surface area contributed by atoms with Gasteiger partial charge in [-0.15, -0.1) is 0 Å². The van der Waals surface area contributed by atoms with E-state index in [0.717, 1.165) is 5.56 Å². The number of benzene rings is 1. The first-order chi connectivity index (χ1) is 15.8. The van der Waals surface area contributed by atoms with Crippen molar-refractivity contribution in [3.05, 3.63) is 35.9 Å². The third kappa shape index (κ3) is 3.88. The highest BCUT2D eigenvalue weighted by atomic mass is 79.9. The van der Waals surface area contributed by atoms with Gasteiger partial charge in [0.15, 0.2) is 0 Å². The van der Waals surface area contributed by atoms with Crippen LogP contribution in [0, 0.1) is 17.8 Å². The van der Waals surface area contributed by atoms with Crippen LogP contribution in [0.3, 0.4) is 0 Å². The number of alkyl halides is 1. The van der Waals surface area contributed by atoms with E-state index < -0.39 is 41.6 Å². The number of hydrogen-bond acceptors (Lipinski definition) is 6. The molecule has 3 heterocycles. The Labute approximate surface area is 202 Å². The number of esters is 1. The Morgan fingerprint density at radius 3 is 2.64 bits per heavy atom. The van der Waals surface area contributed by atoms with Gasteiger partial charge in [-0.3, -0.25) is 14.4 Å². The molecule has 3 aliphatic rings. The minimum Gasteiger partial charge on any atom is -0.466 e. The number of halogens is 1. The van der Waals surface area contributed by atoms with E-state index in [2.05, 4.69) is 21.2 Å². The second kappa shape index (κ2) is 9.35. The van der Waals surface area contributed by atoms with Gasteiger partial charge in [-0.05, 0) is 24.8 Å². The largest absolute Gasteiger partial charge is 0.466 e. The SMILES string of the molecule is CCOC(=O)[C@H]1[C@@H]2O[C@@]3(CC2Br)[C@@H]1C(=O)N([C@@H](CO)C(C)C)[C@@H]3C(=O)NCc1ccccc1. The molecule has 7 atom stereocenters. The number of carbonyl (C=O) groups is 3. The van der Waals surface area contributed by atoms with E-state index >= 15 is 0 Å². The van der Waals surface area contributed by atoms with Crippen molar-refractivity contribution in [3.8, 4) is 0 Å². The summed E-state index contributed by atoms with van der Waals surface area (Å²) in [5.41, 5.74) is -0.228. The fourth-order valence-electron chi connectivity index (χ4n) is 5.73. The van der Waals surface area contributed by atoms with E-state index in [1.165, 1.54) is 4.90 Å². The van der Waals surface area contributed by atoms with Gasteiger partial charge in [0.2, 0.25) is 11.8 Å². The van der Waals surface area contributed by atoms with Crippen LogP contribution in [0.15, 0.2) is 30.3 Å². The molecule has 0 aliphatic carbocycles. The summed E-state index contributed by atoms with van der Waals surface area (Å²) in [4.78, 5) is 41.7. The molecule has 3 saturated heterocycles. The van der Waals surface area contributed by atoms with Crippen molar-refractivity contribution in [2.24, 2.45) is 17.8 Å². The van der Waals surface area contributed by atoms with Gasteiger partial charge in [0.25, 0.3) is 0 Å². The Morgan fingerprint density at radius 2 is 2.03 bits per heavy atom. The number of amides is 2. The van der Waals surface area contributed by atoms with Gasteiger partial charge in [0.05, 0.1) is 37.2 Å². The maximum Gasteiger partial charge on any atom is 0.312 e. The lowest BCUT2D eigenvalue weighted by atomic mass is 9.70. The lowest BCUT2D eigenvalue weighted by molar-refractivity contribution is -0.155. The number of ether oxygens (including phenoxy) is 2. The molecular formula is C24H31BrN2O6. The zero-order valence-corrected chi connectivity index (χ0v) is 20.7. The number of aliphatic hydroxyl groups excluding tert-OH is 1. The topological polar surface area (TPSA) is 105 Å². The van der Waals surface area contributed by atoms with Crippen LogP contribution < -0.4 is 5.32 Å². The number of nitrogens with one attached hydrogen (secondary N) is 1. The molecule has 0 aromatic heterocycles. The van der Waals surface area contributed by atoms with Crippen molar-refractivity contribution in [3.63, 3.8) is 0 Å². The summed E-state index contributed by atoms with van der Waals surface area (Å²) >= 11 is 3.62. The smallest absolute Gasteiger partial charge is 0.312 e. The van der Waals surface area contributed by atoms with Crippen LogP contribution in [-0.4, -0.2) is 69.6 Å². The average molecular weight is 523 g/mol. The number of nitrogens with zero attached hydrogens (tertiary/aromatic N) is 1. The van der Waals surface area contributed by atoms with Crippen molar-refractivity contribution >= 4 is 33.7 Å². The second-order valence-electron chi connectivity index (χ2n) is 9.36. The molecule has 2 bridgehead atoms. The molecule has 9 heteroatoms. The number of aliphatic hydroxyl groups is 1. The van der Waals surface area contributed by atoms with Crippen molar-refractivity contribution < 1.29 is 29.0 Å². The van der Waals surface area contributed by atoms with Crippen LogP contribution in [0.1, 0.15) is 32.8 Å². The van der Waals surface area contributed by atoms with Crippen molar-refractivity contribution in [2.45, 2.75) is 62.4 Å². The number of carbonyl (C=O) groups excluding carboxylic acids is 3. The van der Waals surface area contributed by atoms with Gasteiger partial charge in [0, 0.05) is 11.4 Å². The summed E-state index contributed by atoms with van der Waals surface area (Å²) in [7, 11) is 0. The Hall–Kier alpha value is -1.97. The normalized spacial score (nSPS) is 33.3. The Morgan fingerprint density at radius 1 is 1.33 bits per heavy atom. The average Bonchev–Trinajstić information content (AvgIpc) is 3.37. The van der Waals surface area contributed by atoms with Gasteiger partial charge < -0.3 is 24.8 Å². The third-order valence-electron chi connectivity index (χ3n) is 7.16. The molecule has 3 aliphatic heterocycles. The zero-order chi connectivity index (χ0) is 23.9. The van der Waals surface area contributed by atoms with Crippen molar-refractivity contribution in [2.75, 3.05) is 13.2 Å². The summed E-state index contributed by atoms with van der Waals surface area (Å²) in [5.74, 6) is -2.88. The van der Waals surface area contributed by atoms with Crippen LogP contribution in [0.4, 0.5) is 0 Å². The summed E-state index contributed by atoms with van der Waals surface area (Å²) in [6.45, 7) is 5.71. The van der Waals surface area contributed by atoms with E-state index in [1.807, 2.05) is 44.2 Å². The molecule has 3 fully saturated rings. The third-order valence-corrected chi connectivity index (χ3v) is 8.00. The molecule has 1 aromatic rings. The predicted octanol–water partition coefficient (Wildman–Crippen LogP) is 1.63. The highest BCUT2D eigenvalue weighted by Gasteiger charge is 2.77. The minimum absolute atomic E-state index is 0.100. The number of rotatable bonds is 8. The number of hydrogen-bond donors (Lipinski definition) is 2. The molecule has 4 rings (SSSR count). The number of fused-ring (bicyclic) bond motifs is 1. The van der Waals surface area contributed by atoms with Gasteiger partial charge in [0.1, 0.15) is 11.6 Å². The lowest BCUT2D eigenvalue weighted by Gasteiger charge is -2.38. The van der Waals surface area contributed by atoms with E-state index in [-0.39, 0.29) is 35.8 Å². The van der Waals surface area contributed by atoms with Gasteiger partial charge in [-0.25, -0.2) is 0 Å². The first-order valence-corrected chi connectivity index (χ1v) is 12.4. The molecule has 2 amide bonds. The van der Waals surface area contributed by atoms with Crippen LogP contribution in [0.25, 0.3) is 0 Å². The van der Waals surface area contributed by atoms with Crippen LogP contribution in [-0.2, 0) is 30.4 Å². The molecule has 1 unspecified atom stereocenters. The molecule has 0 radical (unpaired) electrons. The highest BCUT2D eigenvalue weighted by molar-refractivity contribution is 9.09. The first-order valence-electron chi connectivity index (χ1n) is 11.5. The minimum atomic E-state index is -1.16. The van der Waals surface area contributed by atoms with Gasteiger partial charge in [-0.1, -0.05) is 60.1 Å². The van der Waals surface area contributed by atoms with Crippen LogP contribution >= 0.6 is 15.9 Å². The Balaban J connectivity index is 1.72. The molecule has 180 valence electrons. The standard InChI is InChI=1S/C24H31BrN2O6/c1-4-32-23(31)17-18-22(30)27(16(12-28)13(2)3)20(24(18)10-15(25)19(17)33-24)21(29)26-11-14-8-6-5-7-9-14/h5-9,13,15-20,28H,4,10-12H2,1-3H3,(H,26,29)/t15?,16-,17+,18-,19+,20+,24-/m0/s1. The molecule has 8 nitrogen and oxygen atoms in total. The quantitative estimate of drug-likeness (QED) is 0.397. The van der Waals surface area contributed by atoms with E-state index in [9.17, 15) is 19.5 Å². The summed E-state index contributed by atoms with van der Waals surface area (Å²) in [6, 6.07) is 7.97. The summed E-state index contributed by atoms with van der Waals surface area (Å²) in [6.07, 6.45) is -0.128. The molecule has 2 N–H and O–H groups in total. The molecular weight excluding hydrogens is 492 g/mol. The van der Waals surface area contributed by atoms with Crippen molar-refractivity contribution in [1.82, 2.24) is 10.2 Å². The Bertz CT molecular complexity index is 911. The molecule has 1 aromatic carbocycles. The summed E-state index contributed by atoms with van der Waals surface area (Å²) < 4.78 is 11.7. The van der Waals surface area contributed by atoms with Gasteiger partial charge in [-0.2, -0.15) is 0 Å². The van der Waals surface area contributed by atoms with Crippen LogP contribution in [0.2, 0.25) is 0 Å². The maximum atomic E-state index is 13.8.